The summed E-state index contributed by atoms with van der Waals surface area (Å²) in [5, 5.41) is 7.10. The minimum absolute atomic E-state index is 0.101. The van der Waals surface area contributed by atoms with Crippen LogP contribution in [0.4, 0.5) is 0 Å². The van der Waals surface area contributed by atoms with Gasteiger partial charge in [0.2, 0.25) is 5.91 Å². The summed E-state index contributed by atoms with van der Waals surface area (Å²) < 4.78 is 1.82. The molecule has 0 aliphatic carbocycles. The Kier molecular flexibility index (Phi) is 5.19. The molecule has 2 amide bonds. The van der Waals surface area contributed by atoms with Crippen molar-refractivity contribution in [2.24, 2.45) is 0 Å². The lowest BCUT2D eigenvalue weighted by Gasteiger charge is -2.35. The Morgan fingerprint density at radius 3 is 2.68 bits per heavy atom. The van der Waals surface area contributed by atoms with Gasteiger partial charge in [0.1, 0.15) is 6.04 Å². The zero-order chi connectivity index (χ0) is 19.3. The quantitative estimate of drug-likeness (QED) is 0.744. The molecule has 1 unspecified atom stereocenters. The monoisotopic (exact) mass is 374 g/mol. The van der Waals surface area contributed by atoms with Crippen molar-refractivity contribution in [3.05, 3.63) is 89.7 Å². The average molecular weight is 374 g/mol. The number of hydrogen-bond donors (Lipinski definition) is 1. The Bertz CT molecular complexity index is 954. The molecule has 3 aromatic rings. The normalized spacial score (nSPS) is 16.6. The number of benzene rings is 2. The summed E-state index contributed by atoms with van der Waals surface area (Å²) in [6.45, 7) is 1.58. The molecular weight excluding hydrogens is 352 g/mol. The number of nitrogens with one attached hydrogen (secondary N) is 1. The lowest BCUT2D eigenvalue weighted by atomic mass is 10.0. The fraction of sp³-hybridized carbons (Fsp3) is 0.227. The summed E-state index contributed by atoms with van der Waals surface area (Å²) in [5.74, 6) is -0.214. The summed E-state index contributed by atoms with van der Waals surface area (Å²) in [6, 6.07) is 18.7. The van der Waals surface area contributed by atoms with Crippen LogP contribution in [0.3, 0.4) is 0 Å². The maximum atomic E-state index is 13.2. The Hall–Kier alpha value is -3.41. The molecule has 1 saturated heterocycles. The molecule has 28 heavy (non-hydrogen) atoms. The van der Waals surface area contributed by atoms with Crippen molar-refractivity contribution in [1.29, 1.82) is 0 Å². The maximum Gasteiger partial charge on any atom is 0.254 e. The first kappa shape index (κ1) is 18.0. The Labute approximate surface area is 163 Å². The molecule has 0 saturated carbocycles. The second kappa shape index (κ2) is 8.08. The predicted molar refractivity (Wildman–Crippen MR) is 106 cm³/mol. The molecule has 1 aliphatic heterocycles. The van der Waals surface area contributed by atoms with E-state index in [0.29, 0.717) is 31.6 Å². The van der Waals surface area contributed by atoms with Crippen LogP contribution in [-0.2, 0) is 17.8 Å². The third kappa shape index (κ3) is 3.96. The van der Waals surface area contributed by atoms with Gasteiger partial charge in [0, 0.05) is 37.5 Å². The van der Waals surface area contributed by atoms with Gasteiger partial charge in [0.25, 0.3) is 5.91 Å². The molecule has 0 spiro atoms. The smallest absolute Gasteiger partial charge is 0.254 e. The molecule has 6 heteroatoms. The highest BCUT2D eigenvalue weighted by Crippen LogP contribution is 2.17. The molecule has 142 valence electrons. The molecule has 1 fully saturated rings. The van der Waals surface area contributed by atoms with E-state index in [4.69, 9.17) is 0 Å². The molecule has 4 rings (SSSR count). The first-order valence-electron chi connectivity index (χ1n) is 9.40. The third-order valence-corrected chi connectivity index (χ3v) is 4.94. The molecule has 1 aromatic heterocycles. The van der Waals surface area contributed by atoms with Crippen LogP contribution in [0.1, 0.15) is 21.5 Å². The van der Waals surface area contributed by atoms with Gasteiger partial charge < -0.3 is 10.2 Å². The van der Waals surface area contributed by atoms with Crippen LogP contribution in [0.25, 0.3) is 0 Å². The van der Waals surface area contributed by atoms with E-state index in [1.807, 2.05) is 65.5 Å². The summed E-state index contributed by atoms with van der Waals surface area (Å²) in [5.41, 5.74) is 2.63. The fourth-order valence-electron chi connectivity index (χ4n) is 3.55. The zero-order valence-electron chi connectivity index (χ0n) is 15.5. The van der Waals surface area contributed by atoms with Crippen LogP contribution in [0.15, 0.2) is 73.1 Å². The van der Waals surface area contributed by atoms with E-state index in [-0.39, 0.29) is 11.8 Å². The highest BCUT2D eigenvalue weighted by atomic mass is 16.2. The Balaban J connectivity index is 1.55. The highest BCUT2D eigenvalue weighted by molar-refractivity contribution is 5.98. The van der Waals surface area contributed by atoms with Crippen molar-refractivity contribution < 1.29 is 9.59 Å². The highest BCUT2D eigenvalue weighted by Gasteiger charge is 2.33. The summed E-state index contributed by atoms with van der Waals surface area (Å²) >= 11 is 0. The van der Waals surface area contributed by atoms with E-state index in [0.717, 1.165) is 11.1 Å². The minimum Gasteiger partial charge on any atom is -0.353 e. The number of carbonyl (C=O) groups excluding carboxylic acids is 2. The van der Waals surface area contributed by atoms with Crippen LogP contribution < -0.4 is 5.32 Å². The van der Waals surface area contributed by atoms with E-state index in [2.05, 4.69) is 10.4 Å². The topological polar surface area (TPSA) is 67.2 Å². The molecule has 2 aromatic carbocycles. The van der Waals surface area contributed by atoms with Gasteiger partial charge in [-0.15, -0.1) is 0 Å². The number of amides is 2. The molecule has 1 N–H and O–H groups in total. The van der Waals surface area contributed by atoms with E-state index in [9.17, 15) is 9.59 Å². The van der Waals surface area contributed by atoms with Crippen LogP contribution in [0, 0.1) is 0 Å². The first-order chi connectivity index (χ1) is 13.7. The Morgan fingerprint density at radius 2 is 1.89 bits per heavy atom. The van der Waals surface area contributed by atoms with Gasteiger partial charge in [0.05, 0.1) is 6.54 Å². The average Bonchev–Trinajstić information content (AvgIpc) is 3.23. The lowest BCUT2D eigenvalue weighted by Crippen LogP contribution is -2.58. The summed E-state index contributed by atoms with van der Waals surface area (Å²) in [7, 11) is 0. The third-order valence-electron chi connectivity index (χ3n) is 4.94. The maximum absolute atomic E-state index is 13.2. The SMILES string of the molecule is O=C1NCCN(C(=O)c2cccc(Cn3cccn3)c2)C1Cc1ccccc1. The van der Waals surface area contributed by atoms with E-state index in [1.54, 1.807) is 17.2 Å². The first-order valence-corrected chi connectivity index (χ1v) is 9.40. The van der Waals surface area contributed by atoms with Crippen LogP contribution in [-0.4, -0.2) is 45.6 Å². The standard InChI is InChI=1S/C22H22N4O2/c27-21-20(15-17-6-2-1-3-7-17)26(13-11-23-21)22(28)19-9-4-8-18(14-19)16-25-12-5-10-24-25/h1-10,12,14,20H,11,13,15-16H2,(H,23,27). The summed E-state index contributed by atoms with van der Waals surface area (Å²) in [6.07, 6.45) is 4.13. The van der Waals surface area contributed by atoms with Gasteiger partial charge in [0.15, 0.2) is 0 Å². The van der Waals surface area contributed by atoms with Crippen LogP contribution >= 0.6 is 0 Å². The van der Waals surface area contributed by atoms with Gasteiger partial charge in [-0.05, 0) is 29.3 Å². The summed E-state index contributed by atoms with van der Waals surface area (Å²) in [4.78, 5) is 27.4. The van der Waals surface area contributed by atoms with Gasteiger partial charge in [-0.25, -0.2) is 0 Å². The van der Waals surface area contributed by atoms with Crippen molar-refractivity contribution in [1.82, 2.24) is 20.0 Å². The van der Waals surface area contributed by atoms with Gasteiger partial charge in [-0.3, -0.25) is 14.3 Å². The Morgan fingerprint density at radius 1 is 1.07 bits per heavy atom. The number of rotatable bonds is 5. The number of piperazine rings is 1. The largest absolute Gasteiger partial charge is 0.353 e. The van der Waals surface area contributed by atoms with Gasteiger partial charge in [-0.2, -0.15) is 5.10 Å². The van der Waals surface area contributed by atoms with E-state index < -0.39 is 6.04 Å². The van der Waals surface area contributed by atoms with Gasteiger partial charge in [-0.1, -0.05) is 42.5 Å². The van der Waals surface area contributed by atoms with Crippen molar-refractivity contribution in [2.45, 2.75) is 19.0 Å². The second-order valence-corrected chi connectivity index (χ2v) is 6.90. The van der Waals surface area contributed by atoms with Gasteiger partial charge >= 0.3 is 0 Å². The minimum atomic E-state index is -0.501. The molecular formula is C22H22N4O2. The fourth-order valence-corrected chi connectivity index (χ4v) is 3.55. The molecule has 1 aliphatic rings. The zero-order valence-corrected chi connectivity index (χ0v) is 15.5. The van der Waals surface area contributed by atoms with E-state index in [1.165, 1.54) is 0 Å². The van der Waals surface area contributed by atoms with Crippen LogP contribution in [0.2, 0.25) is 0 Å². The lowest BCUT2D eigenvalue weighted by molar-refractivity contribution is -0.127. The van der Waals surface area contributed by atoms with Crippen molar-refractivity contribution in [3.8, 4) is 0 Å². The van der Waals surface area contributed by atoms with E-state index >= 15 is 0 Å². The molecule has 1 atom stereocenters. The second-order valence-electron chi connectivity index (χ2n) is 6.90. The number of aromatic nitrogens is 2. The molecule has 6 nitrogen and oxygen atoms in total. The molecule has 2 heterocycles. The van der Waals surface area contributed by atoms with Crippen molar-refractivity contribution in [3.63, 3.8) is 0 Å². The number of hydrogen-bond acceptors (Lipinski definition) is 3. The van der Waals surface area contributed by atoms with Crippen molar-refractivity contribution in [2.75, 3.05) is 13.1 Å². The predicted octanol–water partition coefficient (Wildman–Crippen LogP) is 2.11. The van der Waals surface area contributed by atoms with Crippen molar-refractivity contribution >= 4 is 11.8 Å². The number of nitrogens with zero attached hydrogens (tertiary/aromatic N) is 3. The number of carbonyl (C=O) groups is 2. The van der Waals surface area contributed by atoms with Crippen LogP contribution in [0.5, 0.6) is 0 Å². The molecule has 0 bridgehead atoms. The molecule has 0 radical (unpaired) electrons.